The fraction of sp³-hybridized carbons (Fsp3) is 0.650. The van der Waals surface area contributed by atoms with Gasteiger partial charge in [-0.3, -0.25) is 0 Å². The van der Waals surface area contributed by atoms with E-state index >= 15 is 0 Å². The second kappa shape index (κ2) is 11.3. The van der Waals surface area contributed by atoms with Crippen molar-refractivity contribution in [3.8, 4) is 5.75 Å². The van der Waals surface area contributed by atoms with Gasteiger partial charge in [-0.15, -0.1) is 0 Å². The summed E-state index contributed by atoms with van der Waals surface area (Å²) in [6, 6.07) is 5.02. The van der Waals surface area contributed by atoms with Crippen molar-refractivity contribution in [2.75, 3.05) is 32.0 Å². The van der Waals surface area contributed by atoms with Crippen molar-refractivity contribution in [2.45, 2.75) is 52.6 Å². The molecule has 1 saturated heterocycles. The number of benzene rings is 1. The van der Waals surface area contributed by atoms with Gasteiger partial charge >= 0.3 is 0 Å². The third-order valence-electron chi connectivity index (χ3n) is 4.71. The number of sulfonamides is 1. The molecule has 0 spiro atoms. The normalized spacial score (nSPS) is 16.6. The molecule has 1 aromatic carbocycles. The summed E-state index contributed by atoms with van der Waals surface area (Å²) >= 11 is 0. The lowest BCUT2D eigenvalue weighted by Crippen LogP contribution is -2.50. The van der Waals surface area contributed by atoms with Gasteiger partial charge in [0.25, 0.3) is 0 Å². The molecular weight excluding hydrogens is 395 g/mol. The van der Waals surface area contributed by atoms with Crippen molar-refractivity contribution < 1.29 is 17.5 Å². The van der Waals surface area contributed by atoms with E-state index in [4.69, 9.17) is 4.74 Å². The third-order valence-corrected chi connectivity index (χ3v) is 6.79. The van der Waals surface area contributed by atoms with Crippen LogP contribution in [0.5, 0.6) is 5.75 Å². The molecule has 7 nitrogen and oxygen atoms in total. The first-order valence-corrected chi connectivity index (χ1v) is 11.9. The summed E-state index contributed by atoms with van der Waals surface area (Å²) in [5.41, 5.74) is 0.753. The van der Waals surface area contributed by atoms with Crippen molar-refractivity contribution >= 4 is 16.0 Å². The van der Waals surface area contributed by atoms with Gasteiger partial charge in [0.1, 0.15) is 0 Å². The second-order valence-corrected chi connectivity index (χ2v) is 9.12. The van der Waals surface area contributed by atoms with E-state index in [2.05, 4.69) is 15.6 Å². The maximum Gasteiger partial charge on any atom is 0.214 e. The number of ether oxygens (including phenoxy) is 1. The van der Waals surface area contributed by atoms with E-state index in [0.717, 1.165) is 18.4 Å². The van der Waals surface area contributed by atoms with Crippen LogP contribution in [-0.2, 0) is 16.6 Å². The molecule has 2 rings (SSSR count). The molecule has 0 unspecified atom stereocenters. The number of halogens is 1. The summed E-state index contributed by atoms with van der Waals surface area (Å²) in [6.07, 6.45) is 2.08. The zero-order chi connectivity index (χ0) is 21.3. The van der Waals surface area contributed by atoms with Crippen molar-refractivity contribution in [3.63, 3.8) is 0 Å². The zero-order valence-electron chi connectivity index (χ0n) is 17.6. The molecule has 1 aliphatic heterocycles. The first-order valence-electron chi connectivity index (χ1n) is 10.3. The Morgan fingerprint density at radius 1 is 1.28 bits per heavy atom. The Morgan fingerprint density at radius 2 is 2.00 bits per heavy atom. The van der Waals surface area contributed by atoms with E-state index in [1.54, 1.807) is 16.4 Å². The number of hydrogen-bond donors (Lipinski definition) is 2. The van der Waals surface area contributed by atoms with Gasteiger partial charge in [0.15, 0.2) is 17.5 Å². The van der Waals surface area contributed by atoms with Gasteiger partial charge in [-0.05, 0) is 50.8 Å². The van der Waals surface area contributed by atoms with Crippen LogP contribution in [0.15, 0.2) is 23.2 Å². The molecule has 9 heteroatoms. The minimum Gasteiger partial charge on any atom is -0.491 e. The molecule has 0 radical (unpaired) electrons. The van der Waals surface area contributed by atoms with Crippen LogP contribution in [0.25, 0.3) is 0 Å². The number of hydrogen-bond acceptors (Lipinski definition) is 4. The minimum atomic E-state index is -3.14. The number of piperidine rings is 1. The number of nitrogens with one attached hydrogen (secondary N) is 2. The fourth-order valence-corrected chi connectivity index (χ4v) is 4.81. The molecule has 0 aliphatic carbocycles. The van der Waals surface area contributed by atoms with Gasteiger partial charge in [0.2, 0.25) is 10.0 Å². The van der Waals surface area contributed by atoms with Crippen molar-refractivity contribution in [1.82, 2.24) is 14.9 Å². The quantitative estimate of drug-likeness (QED) is 0.466. The fourth-order valence-electron chi connectivity index (χ4n) is 3.26. The Hall–Kier alpha value is -1.87. The smallest absolute Gasteiger partial charge is 0.214 e. The molecule has 0 saturated carbocycles. The summed E-state index contributed by atoms with van der Waals surface area (Å²) in [4.78, 5) is 4.55. The molecule has 1 fully saturated rings. The average molecular weight is 429 g/mol. The topological polar surface area (TPSA) is 83.0 Å². The Bertz CT molecular complexity index is 778. The number of guanidine groups is 1. The maximum absolute atomic E-state index is 14.0. The lowest BCUT2D eigenvalue weighted by molar-refractivity contribution is 0.306. The highest BCUT2D eigenvalue weighted by atomic mass is 32.2. The lowest BCUT2D eigenvalue weighted by Gasteiger charge is -2.32. The van der Waals surface area contributed by atoms with Crippen LogP contribution in [0.4, 0.5) is 4.39 Å². The van der Waals surface area contributed by atoms with E-state index in [9.17, 15) is 12.8 Å². The first kappa shape index (κ1) is 23.4. The number of nitrogens with zero attached hydrogens (tertiary/aromatic N) is 2. The Kier molecular flexibility index (Phi) is 9.16. The van der Waals surface area contributed by atoms with E-state index < -0.39 is 15.8 Å². The van der Waals surface area contributed by atoms with Crippen LogP contribution in [0, 0.1) is 5.82 Å². The van der Waals surface area contributed by atoms with E-state index in [1.165, 1.54) is 6.07 Å². The Balaban J connectivity index is 1.94. The van der Waals surface area contributed by atoms with Crippen LogP contribution >= 0.6 is 0 Å². The van der Waals surface area contributed by atoms with Crippen LogP contribution in [0.3, 0.4) is 0 Å². The summed E-state index contributed by atoms with van der Waals surface area (Å²) in [5.74, 6) is 0.707. The molecule has 164 valence electrons. The summed E-state index contributed by atoms with van der Waals surface area (Å²) in [5, 5.41) is 6.57. The van der Waals surface area contributed by atoms with Crippen molar-refractivity contribution in [2.24, 2.45) is 4.99 Å². The van der Waals surface area contributed by atoms with E-state index in [-0.39, 0.29) is 17.5 Å². The molecular formula is C20H33FN4O3S. The third kappa shape index (κ3) is 7.15. The molecule has 0 aromatic heterocycles. The predicted octanol–water partition coefficient (Wildman–Crippen LogP) is 2.48. The zero-order valence-corrected chi connectivity index (χ0v) is 18.4. The largest absolute Gasteiger partial charge is 0.491 e. The van der Waals surface area contributed by atoms with Gasteiger partial charge < -0.3 is 15.4 Å². The molecule has 29 heavy (non-hydrogen) atoms. The first-order chi connectivity index (χ1) is 13.9. The molecule has 1 heterocycles. The second-order valence-electron chi connectivity index (χ2n) is 7.03. The van der Waals surface area contributed by atoms with Gasteiger partial charge in [-0.2, -0.15) is 0 Å². The average Bonchev–Trinajstić information content (AvgIpc) is 2.69. The van der Waals surface area contributed by atoms with Crippen LogP contribution in [0.1, 0.15) is 45.6 Å². The van der Waals surface area contributed by atoms with Crippen molar-refractivity contribution in [1.29, 1.82) is 0 Å². The SMILES string of the molecule is CCCS(=O)(=O)N1CCC(NC(=NCc2ccc(OCC)c(F)c2)NCC)CC1. The van der Waals surface area contributed by atoms with Crippen LogP contribution in [-0.4, -0.2) is 56.7 Å². The predicted molar refractivity (Wildman–Crippen MR) is 114 cm³/mol. The Morgan fingerprint density at radius 3 is 2.59 bits per heavy atom. The molecule has 0 amide bonds. The monoisotopic (exact) mass is 428 g/mol. The molecule has 0 bridgehead atoms. The van der Waals surface area contributed by atoms with Gasteiger partial charge in [0, 0.05) is 25.7 Å². The van der Waals surface area contributed by atoms with Crippen LogP contribution < -0.4 is 15.4 Å². The summed E-state index contributed by atoms with van der Waals surface area (Å²) in [7, 11) is -3.14. The summed E-state index contributed by atoms with van der Waals surface area (Å²) < 4.78 is 45.2. The summed E-state index contributed by atoms with van der Waals surface area (Å²) in [6.45, 7) is 8.16. The minimum absolute atomic E-state index is 0.151. The van der Waals surface area contributed by atoms with Crippen LogP contribution in [0.2, 0.25) is 0 Å². The molecule has 1 aliphatic rings. The van der Waals surface area contributed by atoms with Gasteiger partial charge in [-0.1, -0.05) is 13.0 Å². The highest BCUT2D eigenvalue weighted by molar-refractivity contribution is 7.89. The number of rotatable bonds is 9. The number of aliphatic imine (C=N–C) groups is 1. The maximum atomic E-state index is 14.0. The highest BCUT2D eigenvalue weighted by Crippen LogP contribution is 2.19. The van der Waals surface area contributed by atoms with Gasteiger partial charge in [-0.25, -0.2) is 22.1 Å². The van der Waals surface area contributed by atoms with E-state index in [1.807, 2.05) is 20.8 Å². The lowest BCUT2D eigenvalue weighted by atomic mass is 10.1. The van der Waals surface area contributed by atoms with Crippen molar-refractivity contribution in [3.05, 3.63) is 29.6 Å². The highest BCUT2D eigenvalue weighted by Gasteiger charge is 2.27. The molecule has 2 N–H and O–H groups in total. The van der Waals surface area contributed by atoms with E-state index in [0.29, 0.717) is 45.2 Å². The molecule has 0 atom stereocenters. The van der Waals surface area contributed by atoms with Gasteiger partial charge in [0.05, 0.1) is 18.9 Å². The molecule has 1 aromatic rings. The standard InChI is InChI=1S/C20H33FN4O3S/c1-4-13-29(26,27)25-11-9-17(10-12-25)24-20(22-5-2)23-15-16-7-8-19(28-6-3)18(21)14-16/h7-8,14,17H,4-6,9-13,15H2,1-3H3,(H2,22,23,24). The Labute approximate surface area is 173 Å².